The van der Waals surface area contributed by atoms with Gasteiger partial charge in [0.15, 0.2) is 6.10 Å². The molecule has 0 saturated carbocycles. The summed E-state index contributed by atoms with van der Waals surface area (Å²) in [6.07, 6.45) is -0.806. The van der Waals surface area contributed by atoms with Gasteiger partial charge in [-0.05, 0) is 30.7 Å². The Morgan fingerprint density at radius 3 is 2.50 bits per heavy atom. The van der Waals surface area contributed by atoms with Crippen LogP contribution in [0.5, 0.6) is 5.75 Å². The fourth-order valence-corrected chi connectivity index (χ4v) is 1.83. The van der Waals surface area contributed by atoms with Gasteiger partial charge in [-0.15, -0.1) is 0 Å². The second kappa shape index (κ2) is 5.34. The Kier molecular flexibility index (Phi) is 4.35. The van der Waals surface area contributed by atoms with Crippen LogP contribution in [0.15, 0.2) is 22.7 Å². The van der Waals surface area contributed by atoms with Gasteiger partial charge in [0.25, 0.3) is 0 Å². The molecule has 3 nitrogen and oxygen atoms in total. The van der Waals surface area contributed by atoms with Crippen LogP contribution < -0.4 is 4.74 Å². The number of rotatable bonds is 4. The van der Waals surface area contributed by atoms with E-state index < -0.39 is 12.1 Å². The summed E-state index contributed by atoms with van der Waals surface area (Å²) < 4.78 is 6.46. The van der Waals surface area contributed by atoms with Crippen molar-refractivity contribution in [3.8, 4) is 5.75 Å². The van der Waals surface area contributed by atoms with Gasteiger partial charge >= 0.3 is 5.97 Å². The van der Waals surface area contributed by atoms with E-state index in [4.69, 9.17) is 9.84 Å². The summed E-state index contributed by atoms with van der Waals surface area (Å²) in [7, 11) is 0. The lowest BCUT2D eigenvalue weighted by Crippen LogP contribution is -2.32. The number of aliphatic carboxylic acids is 1. The zero-order valence-electron chi connectivity index (χ0n) is 9.53. The molecule has 16 heavy (non-hydrogen) atoms. The molecule has 4 heteroatoms. The van der Waals surface area contributed by atoms with E-state index in [1.165, 1.54) is 0 Å². The molecule has 0 amide bonds. The summed E-state index contributed by atoms with van der Waals surface area (Å²) in [5.74, 6) is -0.387. The third-order valence-corrected chi connectivity index (χ3v) is 2.73. The molecule has 1 rings (SSSR count). The van der Waals surface area contributed by atoms with Crippen molar-refractivity contribution in [1.29, 1.82) is 0 Å². The Balaban J connectivity index is 2.90. The molecule has 0 aliphatic heterocycles. The predicted octanol–water partition coefficient (Wildman–Crippen LogP) is 3.25. The minimum Gasteiger partial charge on any atom is -0.478 e. The molecule has 1 aromatic carbocycles. The maximum atomic E-state index is 11.0. The average Bonchev–Trinajstić information content (AvgIpc) is 2.15. The number of carboxylic acid groups (broad SMARTS) is 1. The van der Waals surface area contributed by atoms with E-state index >= 15 is 0 Å². The number of carbonyl (C=O) groups is 1. The van der Waals surface area contributed by atoms with E-state index in [0.717, 1.165) is 10.0 Å². The average molecular weight is 287 g/mol. The van der Waals surface area contributed by atoms with Gasteiger partial charge in [-0.1, -0.05) is 29.8 Å². The molecule has 1 aromatic rings. The number of carboxylic acids is 1. The van der Waals surface area contributed by atoms with Crippen molar-refractivity contribution in [2.24, 2.45) is 5.92 Å². The van der Waals surface area contributed by atoms with Crippen LogP contribution in [0.4, 0.5) is 0 Å². The second-order valence-electron chi connectivity index (χ2n) is 4.03. The Labute approximate surface area is 104 Å². The molecular formula is C12H15BrO3. The lowest BCUT2D eigenvalue weighted by atomic mass is 10.1. The Bertz CT molecular complexity index is 388. The zero-order chi connectivity index (χ0) is 12.3. The number of aryl methyl sites for hydroxylation is 1. The van der Waals surface area contributed by atoms with Crippen LogP contribution in [0.3, 0.4) is 0 Å². The SMILES string of the molecule is Cc1cc(Br)ccc1OC(C(=O)O)C(C)C. The van der Waals surface area contributed by atoms with Gasteiger partial charge in [-0.2, -0.15) is 0 Å². The Morgan fingerprint density at radius 2 is 2.06 bits per heavy atom. The molecule has 0 aliphatic rings. The molecule has 0 fully saturated rings. The number of hydrogen-bond acceptors (Lipinski definition) is 2. The van der Waals surface area contributed by atoms with Crippen LogP contribution in [-0.2, 0) is 4.79 Å². The maximum Gasteiger partial charge on any atom is 0.345 e. The molecule has 1 atom stereocenters. The normalized spacial score (nSPS) is 12.6. The van der Waals surface area contributed by atoms with Crippen molar-refractivity contribution in [1.82, 2.24) is 0 Å². The van der Waals surface area contributed by atoms with Gasteiger partial charge in [0.1, 0.15) is 5.75 Å². The van der Waals surface area contributed by atoms with E-state index in [2.05, 4.69) is 15.9 Å². The van der Waals surface area contributed by atoms with Crippen molar-refractivity contribution < 1.29 is 14.6 Å². The fraction of sp³-hybridized carbons (Fsp3) is 0.417. The minimum atomic E-state index is -0.933. The van der Waals surface area contributed by atoms with E-state index in [-0.39, 0.29) is 5.92 Å². The highest BCUT2D eigenvalue weighted by Gasteiger charge is 2.23. The van der Waals surface area contributed by atoms with Crippen molar-refractivity contribution in [2.45, 2.75) is 26.9 Å². The van der Waals surface area contributed by atoms with Crippen molar-refractivity contribution in [3.63, 3.8) is 0 Å². The highest BCUT2D eigenvalue weighted by atomic mass is 79.9. The maximum absolute atomic E-state index is 11.0. The molecular weight excluding hydrogens is 272 g/mol. The summed E-state index contributed by atoms with van der Waals surface area (Å²) >= 11 is 3.35. The number of benzene rings is 1. The Morgan fingerprint density at radius 1 is 1.44 bits per heavy atom. The zero-order valence-corrected chi connectivity index (χ0v) is 11.1. The van der Waals surface area contributed by atoms with Gasteiger partial charge in [-0.25, -0.2) is 4.79 Å². The highest BCUT2D eigenvalue weighted by molar-refractivity contribution is 9.10. The van der Waals surface area contributed by atoms with E-state index in [0.29, 0.717) is 5.75 Å². The first kappa shape index (κ1) is 13.0. The minimum absolute atomic E-state index is 0.0689. The fourth-order valence-electron chi connectivity index (χ4n) is 1.35. The third-order valence-electron chi connectivity index (χ3n) is 2.24. The Hall–Kier alpha value is -1.03. The molecule has 88 valence electrons. The van der Waals surface area contributed by atoms with E-state index in [1.807, 2.05) is 32.9 Å². The lowest BCUT2D eigenvalue weighted by molar-refractivity contribution is -0.147. The molecule has 0 aromatic heterocycles. The van der Waals surface area contributed by atoms with Crippen LogP contribution in [-0.4, -0.2) is 17.2 Å². The molecule has 0 saturated heterocycles. The molecule has 0 bridgehead atoms. The van der Waals surface area contributed by atoms with Crippen molar-refractivity contribution in [3.05, 3.63) is 28.2 Å². The predicted molar refractivity (Wildman–Crippen MR) is 65.8 cm³/mol. The van der Waals surface area contributed by atoms with E-state index in [1.54, 1.807) is 6.07 Å². The summed E-state index contributed by atoms with van der Waals surface area (Å²) in [6, 6.07) is 5.51. The number of hydrogen-bond donors (Lipinski definition) is 1. The van der Waals surface area contributed by atoms with Gasteiger partial charge < -0.3 is 9.84 Å². The first-order chi connectivity index (χ1) is 7.41. The van der Waals surface area contributed by atoms with Gasteiger partial charge in [-0.3, -0.25) is 0 Å². The summed E-state index contributed by atoms with van der Waals surface area (Å²) in [4.78, 5) is 11.0. The number of halogens is 1. The molecule has 0 heterocycles. The standard InChI is InChI=1S/C12H15BrO3/c1-7(2)11(12(14)15)16-10-5-4-9(13)6-8(10)3/h4-7,11H,1-3H3,(H,14,15). The topological polar surface area (TPSA) is 46.5 Å². The number of ether oxygens (including phenoxy) is 1. The van der Waals surface area contributed by atoms with Gasteiger partial charge in [0.05, 0.1) is 0 Å². The summed E-state index contributed by atoms with van der Waals surface area (Å²) in [5, 5.41) is 9.02. The van der Waals surface area contributed by atoms with Crippen LogP contribution in [0.1, 0.15) is 19.4 Å². The first-order valence-corrected chi connectivity index (χ1v) is 5.86. The van der Waals surface area contributed by atoms with Crippen LogP contribution in [0, 0.1) is 12.8 Å². The van der Waals surface area contributed by atoms with Crippen molar-refractivity contribution in [2.75, 3.05) is 0 Å². The molecule has 1 unspecified atom stereocenters. The molecule has 0 spiro atoms. The third kappa shape index (κ3) is 3.23. The first-order valence-electron chi connectivity index (χ1n) is 5.07. The monoisotopic (exact) mass is 286 g/mol. The largest absolute Gasteiger partial charge is 0.478 e. The van der Waals surface area contributed by atoms with Gasteiger partial charge in [0.2, 0.25) is 0 Å². The van der Waals surface area contributed by atoms with Gasteiger partial charge in [0, 0.05) is 10.4 Å². The van der Waals surface area contributed by atoms with E-state index in [9.17, 15) is 4.79 Å². The van der Waals surface area contributed by atoms with Crippen LogP contribution in [0.2, 0.25) is 0 Å². The second-order valence-corrected chi connectivity index (χ2v) is 4.95. The summed E-state index contributed by atoms with van der Waals surface area (Å²) in [5.41, 5.74) is 0.918. The van der Waals surface area contributed by atoms with Crippen molar-refractivity contribution >= 4 is 21.9 Å². The molecule has 0 aliphatic carbocycles. The highest BCUT2D eigenvalue weighted by Crippen LogP contribution is 2.24. The lowest BCUT2D eigenvalue weighted by Gasteiger charge is -2.19. The quantitative estimate of drug-likeness (QED) is 0.924. The smallest absolute Gasteiger partial charge is 0.345 e. The summed E-state index contributed by atoms with van der Waals surface area (Å²) in [6.45, 7) is 5.54. The van der Waals surface area contributed by atoms with Crippen LogP contribution >= 0.6 is 15.9 Å². The van der Waals surface area contributed by atoms with Crippen LogP contribution in [0.25, 0.3) is 0 Å². The molecule has 0 radical (unpaired) electrons. The molecule has 1 N–H and O–H groups in total.